The molecule has 1 aromatic carbocycles. The fourth-order valence-electron chi connectivity index (χ4n) is 1.59. The molecule has 0 saturated heterocycles. The van der Waals surface area contributed by atoms with E-state index in [9.17, 15) is 8.78 Å². The molecule has 0 bridgehead atoms. The molecule has 0 amide bonds. The monoisotopic (exact) mass is 346 g/mol. The van der Waals surface area contributed by atoms with Crippen molar-refractivity contribution < 1.29 is 13.2 Å². The second-order valence-corrected chi connectivity index (χ2v) is 4.95. The maximum absolute atomic E-state index is 13.6. The summed E-state index contributed by atoms with van der Waals surface area (Å²) in [6.45, 7) is 4.56. The van der Waals surface area contributed by atoms with Gasteiger partial charge in [0.15, 0.2) is 0 Å². The van der Waals surface area contributed by atoms with Gasteiger partial charge in [-0.2, -0.15) is 0 Å². The number of halogens is 3. The molecule has 1 heterocycles. The van der Waals surface area contributed by atoms with E-state index in [4.69, 9.17) is 4.42 Å². The minimum absolute atomic E-state index is 0.00498. The first-order valence-corrected chi connectivity index (χ1v) is 6.79. The van der Waals surface area contributed by atoms with E-state index in [1.54, 1.807) is 0 Å². The van der Waals surface area contributed by atoms with Crippen molar-refractivity contribution in [1.29, 1.82) is 0 Å². The lowest BCUT2D eigenvalue weighted by molar-refractivity contribution is 0.430. The third-order valence-corrected chi connectivity index (χ3v) is 3.18. The first-order valence-electron chi connectivity index (χ1n) is 5.99. The molecular formula is C12H13BrF2N4O. The van der Waals surface area contributed by atoms with Gasteiger partial charge in [0.2, 0.25) is 5.89 Å². The van der Waals surface area contributed by atoms with Crippen molar-refractivity contribution in [3.63, 3.8) is 0 Å². The first-order chi connectivity index (χ1) is 9.51. The average Bonchev–Trinajstić information content (AvgIpc) is 2.85. The van der Waals surface area contributed by atoms with Crippen molar-refractivity contribution in [3.8, 4) is 0 Å². The van der Waals surface area contributed by atoms with Gasteiger partial charge in [-0.15, -0.1) is 5.10 Å². The van der Waals surface area contributed by atoms with Gasteiger partial charge in [0.05, 0.1) is 16.2 Å². The van der Waals surface area contributed by atoms with Gasteiger partial charge in [-0.3, -0.25) is 0 Å². The number of hydrogen-bond acceptors (Lipinski definition) is 5. The highest BCUT2D eigenvalue weighted by Gasteiger charge is 2.15. The maximum Gasteiger partial charge on any atom is 0.320 e. The Morgan fingerprint density at radius 2 is 2.05 bits per heavy atom. The summed E-state index contributed by atoms with van der Waals surface area (Å²) in [6, 6.07) is 1.92. The van der Waals surface area contributed by atoms with Gasteiger partial charge in [0.25, 0.3) is 0 Å². The molecule has 1 atom stereocenters. The Labute approximate surface area is 122 Å². The normalized spacial score (nSPS) is 12.4. The molecule has 5 nitrogen and oxygen atoms in total. The van der Waals surface area contributed by atoms with Crippen molar-refractivity contribution >= 4 is 27.6 Å². The predicted molar refractivity (Wildman–Crippen MR) is 73.7 cm³/mol. The molecule has 2 rings (SSSR count). The summed E-state index contributed by atoms with van der Waals surface area (Å²) >= 11 is 2.90. The molecule has 1 aromatic heterocycles. The zero-order valence-electron chi connectivity index (χ0n) is 10.9. The van der Waals surface area contributed by atoms with Crippen molar-refractivity contribution in [2.75, 3.05) is 11.9 Å². The van der Waals surface area contributed by atoms with Crippen LogP contribution in [0.5, 0.6) is 0 Å². The maximum atomic E-state index is 13.6. The second kappa shape index (κ2) is 6.27. The molecule has 1 unspecified atom stereocenters. The molecule has 0 saturated carbocycles. The summed E-state index contributed by atoms with van der Waals surface area (Å²) in [5.74, 6) is -0.847. The van der Waals surface area contributed by atoms with E-state index in [2.05, 4.69) is 36.8 Å². The van der Waals surface area contributed by atoms with Gasteiger partial charge in [0, 0.05) is 6.07 Å². The molecule has 2 N–H and O–H groups in total. The summed E-state index contributed by atoms with van der Waals surface area (Å²) in [5.41, 5.74) is -0.0722. The Bertz CT molecular complexity index is 605. The van der Waals surface area contributed by atoms with Crippen LogP contribution in [-0.2, 0) is 0 Å². The van der Waals surface area contributed by atoms with E-state index in [-0.39, 0.29) is 22.2 Å². The highest BCUT2D eigenvalue weighted by Crippen LogP contribution is 2.26. The quantitative estimate of drug-likeness (QED) is 0.811. The van der Waals surface area contributed by atoms with Gasteiger partial charge in [-0.05, 0) is 35.5 Å². The Kier molecular flexibility index (Phi) is 4.66. The van der Waals surface area contributed by atoms with Crippen LogP contribution in [0.3, 0.4) is 0 Å². The summed E-state index contributed by atoms with van der Waals surface area (Å²) in [4.78, 5) is 0. The van der Waals surface area contributed by atoms with E-state index in [1.807, 2.05) is 13.8 Å². The van der Waals surface area contributed by atoms with Crippen LogP contribution in [0.1, 0.15) is 25.8 Å². The predicted octanol–water partition coefficient (Wildman–Crippen LogP) is 3.52. The molecule has 2 aromatic rings. The zero-order chi connectivity index (χ0) is 14.7. The number of anilines is 2. The number of rotatable bonds is 5. The van der Waals surface area contributed by atoms with E-state index in [1.165, 1.54) is 0 Å². The highest BCUT2D eigenvalue weighted by atomic mass is 79.9. The minimum Gasteiger partial charge on any atom is -0.406 e. The Morgan fingerprint density at radius 3 is 2.75 bits per heavy atom. The van der Waals surface area contributed by atoms with E-state index in [0.717, 1.165) is 18.7 Å². The van der Waals surface area contributed by atoms with E-state index in [0.29, 0.717) is 5.89 Å². The fourth-order valence-corrected chi connectivity index (χ4v) is 1.90. The number of aromatic nitrogens is 2. The van der Waals surface area contributed by atoms with Gasteiger partial charge < -0.3 is 15.1 Å². The van der Waals surface area contributed by atoms with Crippen LogP contribution in [0.4, 0.5) is 20.5 Å². The van der Waals surface area contributed by atoms with Crippen LogP contribution in [0.15, 0.2) is 21.0 Å². The van der Waals surface area contributed by atoms with Crippen LogP contribution in [-0.4, -0.2) is 16.7 Å². The standard InChI is InChI=1S/C12H13BrF2N4O/c1-3-16-6(2)11-18-19-12(20-11)17-10-5-8(14)7(13)4-9(10)15/h4-6,16H,3H2,1-2H3,(H,17,19). The molecule has 0 aliphatic rings. The fraction of sp³-hybridized carbons (Fsp3) is 0.333. The number of benzene rings is 1. The smallest absolute Gasteiger partial charge is 0.320 e. The largest absolute Gasteiger partial charge is 0.406 e. The molecule has 0 aliphatic heterocycles. The van der Waals surface area contributed by atoms with Crippen LogP contribution in [0.2, 0.25) is 0 Å². The molecule has 0 aliphatic carbocycles. The molecule has 20 heavy (non-hydrogen) atoms. The van der Waals surface area contributed by atoms with E-state index >= 15 is 0 Å². The van der Waals surface area contributed by atoms with Crippen LogP contribution >= 0.6 is 15.9 Å². The van der Waals surface area contributed by atoms with Crippen molar-refractivity contribution in [2.45, 2.75) is 19.9 Å². The third-order valence-electron chi connectivity index (χ3n) is 2.57. The molecule has 0 spiro atoms. The first kappa shape index (κ1) is 14.9. The average molecular weight is 347 g/mol. The second-order valence-electron chi connectivity index (χ2n) is 4.10. The zero-order valence-corrected chi connectivity index (χ0v) is 12.5. The number of hydrogen-bond donors (Lipinski definition) is 2. The summed E-state index contributed by atoms with van der Waals surface area (Å²) in [7, 11) is 0. The van der Waals surface area contributed by atoms with Crippen molar-refractivity contribution in [2.24, 2.45) is 0 Å². The topological polar surface area (TPSA) is 63.0 Å². The number of nitrogens with zero attached hydrogens (tertiary/aromatic N) is 2. The lowest BCUT2D eigenvalue weighted by Gasteiger charge is -2.06. The Balaban J connectivity index is 2.16. The SMILES string of the molecule is CCNC(C)c1nnc(Nc2cc(F)c(Br)cc2F)o1. The Hall–Kier alpha value is -1.54. The molecule has 0 radical (unpaired) electrons. The van der Waals surface area contributed by atoms with Crippen LogP contribution in [0.25, 0.3) is 0 Å². The van der Waals surface area contributed by atoms with Gasteiger partial charge in [-0.1, -0.05) is 12.0 Å². The molecule has 8 heteroatoms. The minimum atomic E-state index is -0.627. The summed E-state index contributed by atoms with van der Waals surface area (Å²) < 4.78 is 32.4. The van der Waals surface area contributed by atoms with Crippen LogP contribution in [0, 0.1) is 11.6 Å². The third kappa shape index (κ3) is 3.31. The summed E-state index contributed by atoms with van der Waals surface area (Å²) in [6.07, 6.45) is 0. The lowest BCUT2D eigenvalue weighted by atomic mass is 10.3. The van der Waals surface area contributed by atoms with Gasteiger partial charge in [-0.25, -0.2) is 8.78 Å². The van der Waals surface area contributed by atoms with Gasteiger partial charge >= 0.3 is 6.01 Å². The van der Waals surface area contributed by atoms with Crippen molar-refractivity contribution in [3.05, 3.63) is 34.1 Å². The molecule has 0 fully saturated rings. The molecular weight excluding hydrogens is 334 g/mol. The number of nitrogens with one attached hydrogen (secondary N) is 2. The Morgan fingerprint density at radius 1 is 1.30 bits per heavy atom. The highest BCUT2D eigenvalue weighted by molar-refractivity contribution is 9.10. The summed E-state index contributed by atoms with van der Waals surface area (Å²) in [5, 5.41) is 13.2. The van der Waals surface area contributed by atoms with E-state index < -0.39 is 11.6 Å². The van der Waals surface area contributed by atoms with Crippen LogP contribution < -0.4 is 10.6 Å². The lowest BCUT2D eigenvalue weighted by Crippen LogP contribution is -2.17. The van der Waals surface area contributed by atoms with Crippen molar-refractivity contribution in [1.82, 2.24) is 15.5 Å². The van der Waals surface area contributed by atoms with Gasteiger partial charge in [0.1, 0.15) is 11.6 Å². The molecule has 108 valence electrons.